The second-order valence-electron chi connectivity index (χ2n) is 6.39. The zero-order valence-corrected chi connectivity index (χ0v) is 11.0. The number of hydrogen-bond acceptors (Lipinski definition) is 3. The lowest BCUT2D eigenvalue weighted by atomic mass is 9.75. The normalized spacial score (nSPS) is 33.4. The maximum atomic E-state index is 6.26. The van der Waals surface area contributed by atoms with Gasteiger partial charge in [-0.1, -0.05) is 0 Å². The molecular formula is C13H26N2O. The molecule has 94 valence electrons. The van der Waals surface area contributed by atoms with E-state index in [0.29, 0.717) is 6.10 Å². The van der Waals surface area contributed by atoms with Gasteiger partial charge in [-0.3, -0.25) is 4.90 Å². The Hall–Kier alpha value is -0.120. The fourth-order valence-electron chi connectivity index (χ4n) is 3.02. The van der Waals surface area contributed by atoms with Gasteiger partial charge in [-0.15, -0.1) is 0 Å². The summed E-state index contributed by atoms with van der Waals surface area (Å²) in [6.45, 7) is 9.74. The smallest absolute Gasteiger partial charge is 0.0757 e. The standard InChI is InChI=1S/C13H26N2O/c1-11-9-15(10-12(2,3)16-11)8-7-13(14)5-4-6-13/h11H,4-10,14H2,1-3H3. The Labute approximate surface area is 99.3 Å². The lowest BCUT2D eigenvalue weighted by molar-refractivity contribution is -0.129. The van der Waals surface area contributed by atoms with Gasteiger partial charge < -0.3 is 10.5 Å². The second kappa shape index (κ2) is 4.28. The van der Waals surface area contributed by atoms with Crippen LogP contribution in [0.15, 0.2) is 0 Å². The van der Waals surface area contributed by atoms with Crippen LogP contribution in [0, 0.1) is 0 Å². The van der Waals surface area contributed by atoms with Crippen molar-refractivity contribution < 1.29 is 4.74 Å². The second-order valence-corrected chi connectivity index (χ2v) is 6.39. The first-order valence-electron chi connectivity index (χ1n) is 6.58. The molecule has 0 aromatic rings. The molecule has 1 aliphatic heterocycles. The summed E-state index contributed by atoms with van der Waals surface area (Å²) in [4.78, 5) is 2.51. The highest BCUT2D eigenvalue weighted by atomic mass is 16.5. The summed E-state index contributed by atoms with van der Waals surface area (Å²) >= 11 is 0. The summed E-state index contributed by atoms with van der Waals surface area (Å²) in [6.07, 6.45) is 5.25. The molecule has 2 fully saturated rings. The van der Waals surface area contributed by atoms with Gasteiger partial charge >= 0.3 is 0 Å². The Balaban J connectivity index is 1.80. The van der Waals surface area contributed by atoms with E-state index < -0.39 is 0 Å². The van der Waals surface area contributed by atoms with Crippen LogP contribution in [0.4, 0.5) is 0 Å². The van der Waals surface area contributed by atoms with E-state index in [-0.39, 0.29) is 11.1 Å². The molecule has 2 rings (SSSR count). The van der Waals surface area contributed by atoms with Crippen molar-refractivity contribution in [2.75, 3.05) is 19.6 Å². The van der Waals surface area contributed by atoms with Crippen LogP contribution in [0.1, 0.15) is 46.5 Å². The molecule has 0 radical (unpaired) electrons. The molecule has 1 aliphatic carbocycles. The maximum absolute atomic E-state index is 6.26. The average molecular weight is 226 g/mol. The van der Waals surface area contributed by atoms with Gasteiger partial charge in [0.1, 0.15) is 0 Å². The van der Waals surface area contributed by atoms with Crippen molar-refractivity contribution in [1.29, 1.82) is 0 Å². The van der Waals surface area contributed by atoms with Gasteiger partial charge in [0.15, 0.2) is 0 Å². The van der Waals surface area contributed by atoms with E-state index in [1.54, 1.807) is 0 Å². The zero-order valence-electron chi connectivity index (χ0n) is 11.0. The molecule has 1 heterocycles. The molecule has 1 unspecified atom stereocenters. The van der Waals surface area contributed by atoms with E-state index in [4.69, 9.17) is 10.5 Å². The van der Waals surface area contributed by atoms with Crippen LogP contribution in [0.3, 0.4) is 0 Å². The number of nitrogens with zero attached hydrogens (tertiary/aromatic N) is 1. The molecule has 1 saturated carbocycles. The summed E-state index contributed by atoms with van der Waals surface area (Å²) < 4.78 is 5.90. The third kappa shape index (κ3) is 2.96. The van der Waals surface area contributed by atoms with Gasteiger partial charge in [0.25, 0.3) is 0 Å². The van der Waals surface area contributed by atoms with Crippen molar-refractivity contribution in [3.8, 4) is 0 Å². The Morgan fingerprint density at radius 3 is 2.56 bits per heavy atom. The number of morpholine rings is 1. The van der Waals surface area contributed by atoms with Crippen molar-refractivity contribution in [2.45, 2.75) is 63.7 Å². The fraction of sp³-hybridized carbons (Fsp3) is 1.00. The molecule has 1 atom stereocenters. The minimum atomic E-state index is -0.000950. The summed E-state index contributed by atoms with van der Waals surface area (Å²) in [5.74, 6) is 0. The van der Waals surface area contributed by atoms with Gasteiger partial charge in [0.2, 0.25) is 0 Å². The molecule has 0 amide bonds. The molecular weight excluding hydrogens is 200 g/mol. The molecule has 3 nitrogen and oxygen atoms in total. The Bertz CT molecular complexity index is 248. The lowest BCUT2D eigenvalue weighted by Gasteiger charge is -2.44. The molecule has 16 heavy (non-hydrogen) atoms. The van der Waals surface area contributed by atoms with Crippen molar-refractivity contribution >= 4 is 0 Å². The van der Waals surface area contributed by atoms with E-state index in [9.17, 15) is 0 Å². The molecule has 2 aliphatic rings. The van der Waals surface area contributed by atoms with Gasteiger partial charge in [-0.25, -0.2) is 0 Å². The van der Waals surface area contributed by atoms with Gasteiger partial charge in [-0.05, 0) is 46.5 Å². The van der Waals surface area contributed by atoms with Gasteiger partial charge in [0, 0.05) is 25.2 Å². The predicted molar refractivity (Wildman–Crippen MR) is 66.5 cm³/mol. The first-order valence-corrected chi connectivity index (χ1v) is 6.58. The topological polar surface area (TPSA) is 38.5 Å². The largest absolute Gasteiger partial charge is 0.370 e. The van der Waals surface area contributed by atoms with Crippen molar-refractivity contribution in [1.82, 2.24) is 4.90 Å². The van der Waals surface area contributed by atoms with Crippen molar-refractivity contribution in [3.63, 3.8) is 0 Å². The van der Waals surface area contributed by atoms with Crippen molar-refractivity contribution in [3.05, 3.63) is 0 Å². The molecule has 0 aromatic heterocycles. The third-order valence-electron chi connectivity index (χ3n) is 3.92. The third-order valence-corrected chi connectivity index (χ3v) is 3.92. The van der Waals surface area contributed by atoms with Crippen molar-refractivity contribution in [2.24, 2.45) is 5.73 Å². The van der Waals surface area contributed by atoms with Gasteiger partial charge in [-0.2, -0.15) is 0 Å². The van der Waals surface area contributed by atoms with Crippen LogP contribution >= 0.6 is 0 Å². The van der Waals surface area contributed by atoms with E-state index in [2.05, 4.69) is 25.7 Å². The average Bonchev–Trinajstić information content (AvgIpc) is 2.08. The maximum Gasteiger partial charge on any atom is 0.0757 e. The lowest BCUT2D eigenvalue weighted by Crippen LogP contribution is -2.54. The first kappa shape index (κ1) is 12.3. The van der Waals surface area contributed by atoms with Gasteiger partial charge in [0.05, 0.1) is 11.7 Å². The Morgan fingerprint density at radius 2 is 2.06 bits per heavy atom. The first-order chi connectivity index (χ1) is 7.39. The number of rotatable bonds is 3. The highest BCUT2D eigenvalue weighted by molar-refractivity contribution is 4.94. The Kier molecular flexibility index (Phi) is 3.30. The highest BCUT2D eigenvalue weighted by Crippen LogP contribution is 2.32. The van der Waals surface area contributed by atoms with E-state index in [1.165, 1.54) is 19.3 Å². The van der Waals surface area contributed by atoms with Crippen LogP contribution < -0.4 is 5.73 Å². The van der Waals surface area contributed by atoms with Crippen LogP contribution in [-0.2, 0) is 4.74 Å². The monoisotopic (exact) mass is 226 g/mol. The number of nitrogens with two attached hydrogens (primary N) is 1. The summed E-state index contributed by atoms with van der Waals surface area (Å²) in [5, 5.41) is 0. The predicted octanol–water partition coefficient (Wildman–Crippen LogP) is 1.76. The minimum Gasteiger partial charge on any atom is -0.370 e. The quantitative estimate of drug-likeness (QED) is 0.797. The molecule has 2 N–H and O–H groups in total. The van der Waals surface area contributed by atoms with E-state index in [0.717, 1.165) is 26.1 Å². The Morgan fingerprint density at radius 1 is 1.38 bits per heavy atom. The van der Waals surface area contributed by atoms with Crippen LogP contribution in [-0.4, -0.2) is 41.8 Å². The number of ether oxygens (including phenoxy) is 1. The van der Waals surface area contributed by atoms with E-state index in [1.807, 2.05) is 0 Å². The summed E-state index contributed by atoms with van der Waals surface area (Å²) in [5.41, 5.74) is 6.42. The molecule has 0 spiro atoms. The number of hydrogen-bond donors (Lipinski definition) is 1. The zero-order chi connectivity index (χ0) is 11.8. The van der Waals surface area contributed by atoms with Crippen LogP contribution in [0.25, 0.3) is 0 Å². The van der Waals surface area contributed by atoms with E-state index >= 15 is 0 Å². The molecule has 1 saturated heterocycles. The summed E-state index contributed by atoms with van der Waals surface area (Å²) in [7, 11) is 0. The SMILES string of the molecule is CC1CN(CCC2(N)CCC2)CC(C)(C)O1. The fourth-order valence-corrected chi connectivity index (χ4v) is 3.02. The molecule has 0 bridgehead atoms. The minimum absolute atomic E-state index is 0.000950. The van der Waals surface area contributed by atoms with Crippen LogP contribution in [0.2, 0.25) is 0 Å². The summed E-state index contributed by atoms with van der Waals surface area (Å²) in [6, 6.07) is 0. The van der Waals surface area contributed by atoms with Crippen LogP contribution in [0.5, 0.6) is 0 Å². The highest BCUT2D eigenvalue weighted by Gasteiger charge is 2.35. The molecule has 0 aromatic carbocycles. The molecule has 3 heteroatoms.